The van der Waals surface area contributed by atoms with E-state index in [1.165, 1.54) is 63.6 Å². The molecule has 0 aromatic carbocycles. The predicted molar refractivity (Wildman–Crippen MR) is 90.6 cm³/mol. The van der Waals surface area contributed by atoms with E-state index in [1.54, 1.807) is 11.3 Å². The molecule has 1 nitrogen and oxygen atoms in total. The second-order valence-corrected chi connectivity index (χ2v) is 6.36. The molecule has 1 aliphatic rings. The van der Waals surface area contributed by atoms with Gasteiger partial charge in [0.15, 0.2) is 0 Å². The van der Waals surface area contributed by atoms with Crippen molar-refractivity contribution in [2.75, 3.05) is 6.54 Å². The Labute approximate surface area is 127 Å². The average molecular weight is 277 g/mol. The summed E-state index contributed by atoms with van der Waals surface area (Å²) in [6.45, 7) is 12.7. The van der Waals surface area contributed by atoms with Gasteiger partial charge in [-0.1, -0.05) is 59.0 Å². The SMILES string of the molecule is CCCCC(CC)CC1=C(C)N(CCCC)C(C)=CC1. The van der Waals surface area contributed by atoms with E-state index in [0.29, 0.717) is 0 Å². The van der Waals surface area contributed by atoms with Gasteiger partial charge < -0.3 is 4.90 Å². The van der Waals surface area contributed by atoms with Crippen LogP contribution in [0.15, 0.2) is 23.0 Å². The summed E-state index contributed by atoms with van der Waals surface area (Å²) in [6.07, 6.45) is 13.0. The molecule has 1 rings (SSSR count). The maximum Gasteiger partial charge on any atom is 0.0224 e. The topological polar surface area (TPSA) is 3.24 Å². The predicted octanol–water partition coefficient (Wildman–Crippen LogP) is 6.28. The van der Waals surface area contributed by atoms with Crippen molar-refractivity contribution in [3.63, 3.8) is 0 Å². The lowest BCUT2D eigenvalue weighted by atomic mass is 9.88. The fraction of sp³-hybridized carbons (Fsp3) is 0.789. The first-order valence-corrected chi connectivity index (χ1v) is 8.76. The van der Waals surface area contributed by atoms with Crippen LogP contribution in [-0.4, -0.2) is 11.4 Å². The third-order valence-corrected chi connectivity index (χ3v) is 4.80. The molecule has 1 heteroatoms. The lowest BCUT2D eigenvalue weighted by molar-refractivity contribution is 0.385. The Kier molecular flexibility index (Phi) is 8.02. The molecule has 0 bridgehead atoms. The zero-order chi connectivity index (χ0) is 15.0. The Morgan fingerprint density at radius 3 is 2.40 bits per heavy atom. The quantitative estimate of drug-likeness (QED) is 0.479. The maximum absolute atomic E-state index is 2.55. The summed E-state index contributed by atoms with van der Waals surface area (Å²) in [5.41, 5.74) is 4.70. The van der Waals surface area contributed by atoms with E-state index >= 15 is 0 Å². The van der Waals surface area contributed by atoms with Crippen LogP contribution in [0.3, 0.4) is 0 Å². The van der Waals surface area contributed by atoms with E-state index in [0.717, 1.165) is 5.92 Å². The van der Waals surface area contributed by atoms with Crippen molar-refractivity contribution < 1.29 is 0 Å². The van der Waals surface area contributed by atoms with Crippen LogP contribution < -0.4 is 0 Å². The third kappa shape index (κ3) is 5.00. The monoisotopic (exact) mass is 277 g/mol. The molecule has 20 heavy (non-hydrogen) atoms. The lowest BCUT2D eigenvalue weighted by Crippen LogP contribution is -2.25. The lowest BCUT2D eigenvalue weighted by Gasteiger charge is -2.33. The molecule has 0 fully saturated rings. The molecule has 1 aliphatic heterocycles. The smallest absolute Gasteiger partial charge is 0.0224 e. The number of hydrogen-bond donors (Lipinski definition) is 0. The highest BCUT2D eigenvalue weighted by Gasteiger charge is 2.18. The van der Waals surface area contributed by atoms with Crippen LogP contribution in [0.4, 0.5) is 0 Å². The second-order valence-electron chi connectivity index (χ2n) is 6.36. The number of unbranched alkanes of at least 4 members (excludes halogenated alkanes) is 2. The van der Waals surface area contributed by atoms with Gasteiger partial charge in [0.05, 0.1) is 0 Å². The van der Waals surface area contributed by atoms with Crippen LogP contribution in [-0.2, 0) is 0 Å². The molecule has 0 aromatic rings. The minimum Gasteiger partial charge on any atom is -0.350 e. The largest absolute Gasteiger partial charge is 0.350 e. The van der Waals surface area contributed by atoms with E-state index in [1.807, 2.05) is 0 Å². The second kappa shape index (κ2) is 9.26. The van der Waals surface area contributed by atoms with Crippen molar-refractivity contribution in [1.82, 2.24) is 4.90 Å². The van der Waals surface area contributed by atoms with Crippen LogP contribution in [0.1, 0.15) is 86.0 Å². The van der Waals surface area contributed by atoms with Crippen molar-refractivity contribution >= 4 is 0 Å². The molecule has 0 amide bonds. The van der Waals surface area contributed by atoms with Crippen LogP contribution in [0.2, 0.25) is 0 Å². The minimum atomic E-state index is 0.889. The van der Waals surface area contributed by atoms with Crippen LogP contribution >= 0.6 is 0 Å². The van der Waals surface area contributed by atoms with Gasteiger partial charge in [-0.15, -0.1) is 0 Å². The van der Waals surface area contributed by atoms with E-state index in [9.17, 15) is 0 Å². The highest BCUT2D eigenvalue weighted by atomic mass is 15.1. The van der Waals surface area contributed by atoms with Crippen LogP contribution in [0, 0.1) is 5.92 Å². The van der Waals surface area contributed by atoms with Gasteiger partial charge in [0, 0.05) is 17.9 Å². The fourth-order valence-corrected chi connectivity index (χ4v) is 3.17. The fourth-order valence-electron chi connectivity index (χ4n) is 3.17. The molecule has 0 saturated heterocycles. The Hall–Kier alpha value is -0.720. The van der Waals surface area contributed by atoms with Crippen molar-refractivity contribution in [3.8, 4) is 0 Å². The zero-order valence-electron chi connectivity index (χ0n) is 14.5. The number of hydrogen-bond acceptors (Lipinski definition) is 1. The van der Waals surface area contributed by atoms with E-state index < -0.39 is 0 Å². The van der Waals surface area contributed by atoms with E-state index in [2.05, 4.69) is 45.6 Å². The van der Waals surface area contributed by atoms with Gasteiger partial charge in [0.25, 0.3) is 0 Å². The third-order valence-electron chi connectivity index (χ3n) is 4.80. The van der Waals surface area contributed by atoms with E-state index in [-0.39, 0.29) is 0 Å². The first kappa shape index (κ1) is 17.3. The summed E-state index contributed by atoms with van der Waals surface area (Å²) >= 11 is 0. The molecule has 1 heterocycles. The molecule has 116 valence electrons. The molecule has 0 radical (unpaired) electrons. The Bertz CT molecular complexity index is 338. The first-order chi connectivity index (χ1) is 9.63. The maximum atomic E-state index is 2.55. The molecule has 0 aromatic heterocycles. The molecule has 1 unspecified atom stereocenters. The van der Waals surface area contributed by atoms with E-state index in [4.69, 9.17) is 0 Å². The molecule has 0 N–H and O–H groups in total. The summed E-state index contributed by atoms with van der Waals surface area (Å²) in [6, 6.07) is 0. The Balaban J connectivity index is 2.69. The molecule has 0 spiro atoms. The number of nitrogens with zero attached hydrogens (tertiary/aromatic N) is 1. The van der Waals surface area contributed by atoms with Gasteiger partial charge in [0.2, 0.25) is 0 Å². The average Bonchev–Trinajstić information content (AvgIpc) is 2.45. The first-order valence-electron chi connectivity index (χ1n) is 8.76. The van der Waals surface area contributed by atoms with Crippen molar-refractivity contribution in [2.45, 2.75) is 86.0 Å². The minimum absolute atomic E-state index is 0.889. The number of allylic oxidation sites excluding steroid dienone is 4. The summed E-state index contributed by atoms with van der Waals surface area (Å²) in [5, 5.41) is 0. The van der Waals surface area contributed by atoms with Gasteiger partial charge in [-0.25, -0.2) is 0 Å². The summed E-state index contributed by atoms with van der Waals surface area (Å²) in [4.78, 5) is 2.55. The van der Waals surface area contributed by atoms with Crippen LogP contribution in [0.5, 0.6) is 0 Å². The molecular weight excluding hydrogens is 242 g/mol. The summed E-state index contributed by atoms with van der Waals surface area (Å²) in [5.74, 6) is 0.889. The molecule has 0 aliphatic carbocycles. The molecular formula is C19H35N. The van der Waals surface area contributed by atoms with Crippen molar-refractivity contribution in [1.29, 1.82) is 0 Å². The summed E-state index contributed by atoms with van der Waals surface area (Å²) in [7, 11) is 0. The standard InChI is InChI=1S/C19H35N/c1-6-9-11-18(8-3)15-19-13-12-16(4)20(17(19)5)14-10-7-2/h12,18H,6-11,13-15H2,1-5H3. The van der Waals surface area contributed by atoms with Crippen molar-refractivity contribution in [2.24, 2.45) is 5.92 Å². The van der Waals surface area contributed by atoms with Gasteiger partial charge in [-0.05, 0) is 44.6 Å². The Morgan fingerprint density at radius 2 is 1.80 bits per heavy atom. The van der Waals surface area contributed by atoms with Gasteiger partial charge in [-0.2, -0.15) is 0 Å². The zero-order valence-corrected chi connectivity index (χ0v) is 14.5. The summed E-state index contributed by atoms with van der Waals surface area (Å²) < 4.78 is 0. The van der Waals surface area contributed by atoms with Gasteiger partial charge in [0.1, 0.15) is 0 Å². The number of rotatable bonds is 9. The normalized spacial score (nSPS) is 17.4. The highest BCUT2D eigenvalue weighted by molar-refractivity contribution is 5.25. The molecule has 1 atom stereocenters. The van der Waals surface area contributed by atoms with Gasteiger partial charge >= 0.3 is 0 Å². The Morgan fingerprint density at radius 1 is 1.10 bits per heavy atom. The highest BCUT2D eigenvalue weighted by Crippen LogP contribution is 2.31. The van der Waals surface area contributed by atoms with Crippen LogP contribution in [0.25, 0.3) is 0 Å². The van der Waals surface area contributed by atoms with Gasteiger partial charge in [-0.3, -0.25) is 0 Å². The van der Waals surface area contributed by atoms with Crippen molar-refractivity contribution in [3.05, 3.63) is 23.0 Å². The molecule has 0 saturated carbocycles.